The lowest BCUT2D eigenvalue weighted by Gasteiger charge is -2.35. The summed E-state index contributed by atoms with van der Waals surface area (Å²) in [4.78, 5) is 34.1. The number of benzene rings is 2. The predicted molar refractivity (Wildman–Crippen MR) is 163 cm³/mol. The van der Waals surface area contributed by atoms with E-state index in [4.69, 9.17) is 9.47 Å². The van der Waals surface area contributed by atoms with Crippen molar-refractivity contribution in [2.45, 2.75) is 32.1 Å². The number of carbonyl (C=O) groups is 2. The molecular weight excluding hydrogens is 608 g/mol. The van der Waals surface area contributed by atoms with Crippen LogP contribution in [0.5, 0.6) is 5.75 Å². The summed E-state index contributed by atoms with van der Waals surface area (Å²) in [6.45, 7) is 3.87. The van der Waals surface area contributed by atoms with E-state index in [-0.39, 0.29) is 52.1 Å². The number of fused-ring (bicyclic) bond motifs is 1. The number of alkyl halides is 3. The molecular formula is C32H36F4N6O4. The molecule has 10 nitrogen and oxygen atoms in total. The lowest BCUT2D eigenvalue weighted by molar-refractivity contribution is -0.139. The lowest BCUT2D eigenvalue weighted by Crippen LogP contribution is -2.48. The van der Waals surface area contributed by atoms with E-state index in [2.05, 4.69) is 32.4 Å². The maximum absolute atomic E-state index is 15.0. The fraction of sp³-hybridized carbons (Fsp3) is 0.469. The molecule has 2 aromatic carbocycles. The normalized spacial score (nSPS) is 19.0. The topological polar surface area (TPSA) is 101 Å². The number of halogens is 4. The molecule has 0 aliphatic carbocycles. The SMILES string of the molecule is COc1cc(C(=O)N2CCOCC2)c(F)cc1NCC#Cc1cc(C(=O)N[C@H]2CCN(C)C[C@@H]2C)c2ncn(CC(F)(F)F)c2c1. The highest BCUT2D eigenvalue weighted by Gasteiger charge is 2.30. The van der Waals surface area contributed by atoms with Gasteiger partial charge in [-0.15, -0.1) is 0 Å². The number of aromatic nitrogens is 2. The van der Waals surface area contributed by atoms with E-state index in [0.29, 0.717) is 31.9 Å². The first-order valence-corrected chi connectivity index (χ1v) is 15.0. The Hall–Kier alpha value is -4.35. The molecule has 0 spiro atoms. The first-order chi connectivity index (χ1) is 21.9. The van der Waals surface area contributed by atoms with Crippen molar-refractivity contribution in [3.05, 3.63) is 53.1 Å². The van der Waals surface area contributed by atoms with Gasteiger partial charge in [-0.05, 0) is 44.1 Å². The van der Waals surface area contributed by atoms with Crippen LogP contribution in [0.2, 0.25) is 0 Å². The van der Waals surface area contributed by atoms with E-state index < -0.39 is 30.4 Å². The van der Waals surface area contributed by atoms with Crippen molar-refractivity contribution in [1.29, 1.82) is 0 Å². The smallest absolute Gasteiger partial charge is 0.406 e. The van der Waals surface area contributed by atoms with Crippen LogP contribution < -0.4 is 15.4 Å². The molecule has 14 heteroatoms. The van der Waals surface area contributed by atoms with Crippen molar-refractivity contribution in [1.82, 2.24) is 24.7 Å². The Morgan fingerprint density at radius 2 is 1.89 bits per heavy atom. The number of nitrogens with one attached hydrogen (secondary N) is 2. The predicted octanol–water partition coefficient (Wildman–Crippen LogP) is 3.75. The van der Waals surface area contributed by atoms with Gasteiger partial charge in [0.05, 0.1) is 55.5 Å². The van der Waals surface area contributed by atoms with E-state index in [1.807, 2.05) is 14.0 Å². The third kappa shape index (κ3) is 7.71. The molecule has 5 rings (SSSR count). The molecule has 0 radical (unpaired) electrons. The van der Waals surface area contributed by atoms with Gasteiger partial charge in [0.1, 0.15) is 23.6 Å². The molecule has 0 saturated carbocycles. The first-order valence-electron chi connectivity index (χ1n) is 15.0. The Bertz CT molecular complexity index is 1660. The number of imidazole rings is 1. The van der Waals surface area contributed by atoms with Crippen molar-refractivity contribution >= 4 is 28.5 Å². The number of hydrogen-bond donors (Lipinski definition) is 2. The Morgan fingerprint density at radius 3 is 2.59 bits per heavy atom. The molecule has 1 aromatic heterocycles. The quantitative estimate of drug-likeness (QED) is 0.299. The molecule has 2 atom stereocenters. The third-order valence-electron chi connectivity index (χ3n) is 8.16. The standard InChI is InChI=1S/C32H36F4N6O4/c1-20-17-40(2)8-6-25(20)39-30(43)23-13-21(14-27-29(23)38-19-42(27)18-32(34,35)36)5-4-7-37-26-16-24(33)22(15-28(26)45-3)31(44)41-9-11-46-12-10-41/h13-16,19-20,25,37H,6-12,17-18H2,1-3H3,(H,39,43)/t20-,25-/m0/s1. The molecule has 246 valence electrons. The second kappa shape index (κ2) is 14.0. The number of piperidine rings is 1. The molecule has 2 aliphatic rings. The van der Waals surface area contributed by atoms with Crippen LogP contribution in [-0.2, 0) is 11.3 Å². The van der Waals surface area contributed by atoms with Gasteiger partial charge in [0.25, 0.3) is 11.8 Å². The maximum Gasteiger partial charge on any atom is 0.406 e. The number of hydrogen-bond acceptors (Lipinski definition) is 7. The molecule has 46 heavy (non-hydrogen) atoms. The summed E-state index contributed by atoms with van der Waals surface area (Å²) in [5.41, 5.74) is 0.856. The maximum atomic E-state index is 15.0. The average molecular weight is 645 g/mol. The highest BCUT2D eigenvalue weighted by molar-refractivity contribution is 6.05. The van der Waals surface area contributed by atoms with Gasteiger partial charge in [-0.1, -0.05) is 18.8 Å². The minimum atomic E-state index is -4.50. The molecule has 0 bridgehead atoms. The number of methoxy groups -OCH3 is 1. The summed E-state index contributed by atoms with van der Waals surface area (Å²) >= 11 is 0. The number of rotatable bonds is 7. The third-order valence-corrected chi connectivity index (χ3v) is 8.16. The van der Waals surface area contributed by atoms with Crippen LogP contribution in [0.4, 0.5) is 23.2 Å². The molecule has 2 saturated heterocycles. The van der Waals surface area contributed by atoms with Gasteiger partial charge in [-0.25, -0.2) is 9.37 Å². The Balaban J connectivity index is 1.37. The number of nitrogens with zero attached hydrogens (tertiary/aromatic N) is 4. The molecule has 0 unspecified atom stereocenters. The summed E-state index contributed by atoms with van der Waals surface area (Å²) in [6, 6.07) is 5.36. The van der Waals surface area contributed by atoms with Crippen LogP contribution in [0.1, 0.15) is 39.6 Å². The zero-order valence-corrected chi connectivity index (χ0v) is 25.8. The zero-order chi connectivity index (χ0) is 33.0. The van der Waals surface area contributed by atoms with Crippen LogP contribution >= 0.6 is 0 Å². The summed E-state index contributed by atoms with van der Waals surface area (Å²) in [5, 5.41) is 6.00. The summed E-state index contributed by atoms with van der Waals surface area (Å²) < 4.78 is 66.6. The van der Waals surface area contributed by atoms with Gasteiger partial charge in [0.2, 0.25) is 0 Å². The second-order valence-corrected chi connectivity index (χ2v) is 11.6. The van der Waals surface area contributed by atoms with Crippen LogP contribution in [-0.4, -0.2) is 103 Å². The van der Waals surface area contributed by atoms with E-state index in [1.165, 1.54) is 30.2 Å². The Morgan fingerprint density at radius 1 is 1.13 bits per heavy atom. The molecule has 2 fully saturated rings. The van der Waals surface area contributed by atoms with E-state index in [1.54, 1.807) is 0 Å². The fourth-order valence-electron chi connectivity index (χ4n) is 5.79. The van der Waals surface area contributed by atoms with Gasteiger partial charge in [0, 0.05) is 37.3 Å². The number of carbonyl (C=O) groups excluding carboxylic acids is 2. The minimum absolute atomic E-state index is 0.00104. The monoisotopic (exact) mass is 644 g/mol. The van der Waals surface area contributed by atoms with Gasteiger partial charge in [-0.3, -0.25) is 9.59 Å². The number of anilines is 1. The van der Waals surface area contributed by atoms with Crippen LogP contribution in [0.25, 0.3) is 11.0 Å². The van der Waals surface area contributed by atoms with Gasteiger partial charge in [0.15, 0.2) is 0 Å². The Kier molecular flexibility index (Phi) is 10.0. The van der Waals surface area contributed by atoms with Crippen LogP contribution in [0.3, 0.4) is 0 Å². The largest absolute Gasteiger partial charge is 0.495 e. The van der Waals surface area contributed by atoms with Gasteiger partial charge in [-0.2, -0.15) is 13.2 Å². The fourth-order valence-corrected chi connectivity index (χ4v) is 5.79. The van der Waals surface area contributed by atoms with Crippen LogP contribution in [0.15, 0.2) is 30.6 Å². The highest BCUT2D eigenvalue weighted by atomic mass is 19.4. The van der Waals surface area contributed by atoms with Crippen LogP contribution in [0, 0.1) is 23.6 Å². The summed E-state index contributed by atoms with van der Waals surface area (Å²) in [5.74, 6) is 4.57. The number of ether oxygens (including phenoxy) is 2. The van der Waals surface area contributed by atoms with E-state index >= 15 is 4.39 Å². The second-order valence-electron chi connectivity index (χ2n) is 11.6. The molecule has 3 heterocycles. The number of amides is 2. The number of morpholine rings is 1. The molecule has 2 N–H and O–H groups in total. The lowest BCUT2D eigenvalue weighted by atomic mass is 9.93. The van der Waals surface area contributed by atoms with Gasteiger partial charge < -0.3 is 34.5 Å². The van der Waals surface area contributed by atoms with E-state index in [0.717, 1.165) is 36.5 Å². The molecule has 3 aromatic rings. The minimum Gasteiger partial charge on any atom is -0.495 e. The Labute approximate surface area is 264 Å². The van der Waals surface area contributed by atoms with Crippen molar-refractivity contribution in [3.63, 3.8) is 0 Å². The first kappa shape index (κ1) is 33.0. The van der Waals surface area contributed by atoms with Crippen molar-refractivity contribution in [3.8, 4) is 17.6 Å². The van der Waals surface area contributed by atoms with Gasteiger partial charge >= 0.3 is 6.18 Å². The summed E-state index contributed by atoms with van der Waals surface area (Å²) in [6.07, 6.45) is -2.69. The molecule has 2 amide bonds. The van der Waals surface area contributed by atoms with Crippen molar-refractivity contribution in [2.24, 2.45) is 5.92 Å². The van der Waals surface area contributed by atoms with Crippen molar-refractivity contribution < 1.29 is 36.6 Å². The average Bonchev–Trinajstić information content (AvgIpc) is 3.41. The number of likely N-dealkylation sites (tertiary alicyclic amines) is 1. The zero-order valence-electron chi connectivity index (χ0n) is 25.8. The summed E-state index contributed by atoms with van der Waals surface area (Å²) in [7, 11) is 3.41. The van der Waals surface area contributed by atoms with Crippen molar-refractivity contribution in [2.75, 3.05) is 65.4 Å². The molecule has 2 aliphatic heterocycles. The van der Waals surface area contributed by atoms with E-state index in [9.17, 15) is 22.8 Å². The highest BCUT2D eigenvalue weighted by Crippen LogP contribution is 2.29.